The summed E-state index contributed by atoms with van der Waals surface area (Å²) in [5.41, 5.74) is 6.63. The molecule has 1 rings (SSSR count). The summed E-state index contributed by atoms with van der Waals surface area (Å²) in [7, 11) is 1.74. The third-order valence-corrected chi connectivity index (χ3v) is 1.50. The molecule has 0 amide bonds. The largest absolute Gasteiger partial charge is 0.506 e. The van der Waals surface area contributed by atoms with Crippen molar-refractivity contribution < 1.29 is 5.11 Å². The van der Waals surface area contributed by atoms with E-state index in [0.717, 1.165) is 0 Å². The van der Waals surface area contributed by atoms with Gasteiger partial charge in [0.2, 0.25) is 0 Å². The van der Waals surface area contributed by atoms with E-state index in [1.54, 1.807) is 19.3 Å². The molecule has 12 heavy (non-hydrogen) atoms. The maximum atomic E-state index is 9.11. The Morgan fingerprint density at radius 3 is 2.83 bits per heavy atom. The number of aliphatic hydroxyl groups excluding tert-OH is 1. The molecule has 0 saturated carbocycles. The lowest BCUT2D eigenvalue weighted by molar-refractivity contribution is 0.422. The molecular weight excluding hydrogens is 154 g/mol. The topological polar surface area (TPSA) is 82.1 Å². The highest BCUT2D eigenvalue weighted by Gasteiger charge is 2.10. The monoisotopic (exact) mass is 165 g/mol. The lowest BCUT2D eigenvalue weighted by atomic mass is 10.0. The van der Waals surface area contributed by atoms with E-state index in [4.69, 9.17) is 16.2 Å². The number of rotatable bonds is 1. The molecule has 1 aliphatic carbocycles. The van der Waals surface area contributed by atoms with E-state index in [0.29, 0.717) is 5.57 Å². The number of hydrogen-bond acceptors (Lipinski definition) is 4. The molecule has 5 N–H and O–H groups in total. The number of allylic oxidation sites excluding steroid dienone is 3. The Kier molecular flexibility index (Phi) is 2.19. The Balaban J connectivity index is 3.00. The Labute approximate surface area is 70.6 Å². The van der Waals surface area contributed by atoms with Gasteiger partial charge in [-0.2, -0.15) is 0 Å². The average Bonchev–Trinajstić information content (AvgIpc) is 2.01. The van der Waals surface area contributed by atoms with Crippen molar-refractivity contribution in [3.05, 3.63) is 35.4 Å². The van der Waals surface area contributed by atoms with E-state index < -0.39 is 0 Å². The molecule has 0 unspecified atom stereocenters. The molecule has 4 heteroatoms. The fourth-order valence-electron chi connectivity index (χ4n) is 0.898. The first-order valence-corrected chi connectivity index (χ1v) is 3.49. The molecule has 0 radical (unpaired) electrons. The average molecular weight is 165 g/mol. The van der Waals surface area contributed by atoms with Crippen LogP contribution < -0.4 is 11.1 Å². The van der Waals surface area contributed by atoms with Gasteiger partial charge < -0.3 is 21.6 Å². The summed E-state index contributed by atoms with van der Waals surface area (Å²) in [6.07, 6.45) is 4.52. The third-order valence-electron chi connectivity index (χ3n) is 1.50. The quantitative estimate of drug-likeness (QED) is 0.454. The molecular formula is C8H11N3O. The van der Waals surface area contributed by atoms with E-state index in [9.17, 15) is 0 Å². The Hall–Kier alpha value is -1.71. The van der Waals surface area contributed by atoms with Gasteiger partial charge in [-0.25, -0.2) is 0 Å². The summed E-state index contributed by atoms with van der Waals surface area (Å²) in [6.45, 7) is 0. The van der Waals surface area contributed by atoms with Gasteiger partial charge in [-0.15, -0.1) is 0 Å². The van der Waals surface area contributed by atoms with Crippen LogP contribution >= 0.6 is 0 Å². The molecule has 64 valence electrons. The van der Waals surface area contributed by atoms with Crippen LogP contribution in [0.3, 0.4) is 0 Å². The molecule has 0 fully saturated rings. The highest BCUT2D eigenvalue weighted by atomic mass is 16.3. The standard InChI is InChI=1S/C8H11N3O/c1-11-4-5-2-7(10)8(12)3-6(5)9/h2-4,9,11-12H,10H2,1H3/b5-4-,9-6?. The van der Waals surface area contributed by atoms with Gasteiger partial charge in [0.25, 0.3) is 0 Å². The molecule has 0 atom stereocenters. The maximum absolute atomic E-state index is 9.11. The van der Waals surface area contributed by atoms with Crippen molar-refractivity contribution in [1.82, 2.24) is 5.32 Å². The summed E-state index contributed by atoms with van der Waals surface area (Å²) >= 11 is 0. The number of nitrogens with two attached hydrogens (primary N) is 1. The van der Waals surface area contributed by atoms with E-state index >= 15 is 0 Å². The zero-order valence-electron chi connectivity index (χ0n) is 6.76. The Morgan fingerprint density at radius 1 is 1.58 bits per heavy atom. The van der Waals surface area contributed by atoms with Gasteiger partial charge in [-0.05, 0) is 6.08 Å². The SMILES string of the molecule is CN/C=C1/C=C(N)C(O)=CC1=N. The zero-order chi connectivity index (χ0) is 9.14. The summed E-state index contributed by atoms with van der Waals surface area (Å²) < 4.78 is 0. The maximum Gasteiger partial charge on any atom is 0.140 e. The predicted molar refractivity (Wildman–Crippen MR) is 47.9 cm³/mol. The normalized spacial score (nSPS) is 20.4. The van der Waals surface area contributed by atoms with Gasteiger partial charge in [-0.3, -0.25) is 0 Å². The molecule has 0 spiro atoms. The van der Waals surface area contributed by atoms with Crippen LogP contribution in [0, 0.1) is 5.41 Å². The highest BCUT2D eigenvalue weighted by molar-refractivity contribution is 6.10. The van der Waals surface area contributed by atoms with Crippen LogP contribution in [0.25, 0.3) is 0 Å². The molecule has 0 aliphatic heterocycles. The lowest BCUT2D eigenvalue weighted by Gasteiger charge is -2.10. The van der Waals surface area contributed by atoms with Crippen LogP contribution in [0.4, 0.5) is 0 Å². The second-order valence-electron chi connectivity index (χ2n) is 2.43. The molecule has 0 aromatic rings. The van der Waals surface area contributed by atoms with Crippen molar-refractivity contribution in [3.63, 3.8) is 0 Å². The smallest absolute Gasteiger partial charge is 0.140 e. The minimum atomic E-state index is -0.0479. The zero-order valence-corrected chi connectivity index (χ0v) is 6.76. The molecule has 0 heterocycles. The minimum absolute atomic E-state index is 0.0479. The van der Waals surface area contributed by atoms with Gasteiger partial charge in [0.1, 0.15) is 5.76 Å². The number of aliphatic hydroxyl groups is 1. The Morgan fingerprint density at radius 2 is 2.25 bits per heavy atom. The molecule has 4 nitrogen and oxygen atoms in total. The first-order chi connectivity index (χ1) is 5.65. The predicted octanol–water partition coefficient (Wildman–Crippen LogP) is 0.408. The fraction of sp³-hybridized carbons (Fsp3) is 0.125. The van der Waals surface area contributed by atoms with Gasteiger partial charge >= 0.3 is 0 Å². The number of nitrogens with one attached hydrogen (secondary N) is 2. The van der Waals surface area contributed by atoms with Crippen molar-refractivity contribution >= 4 is 5.71 Å². The van der Waals surface area contributed by atoms with Crippen LogP contribution in [0.1, 0.15) is 0 Å². The number of hydrogen-bond donors (Lipinski definition) is 4. The van der Waals surface area contributed by atoms with Crippen LogP contribution in [-0.4, -0.2) is 17.9 Å². The van der Waals surface area contributed by atoms with Gasteiger partial charge in [-0.1, -0.05) is 0 Å². The van der Waals surface area contributed by atoms with Crippen molar-refractivity contribution in [2.24, 2.45) is 5.73 Å². The highest BCUT2D eigenvalue weighted by Crippen LogP contribution is 2.13. The van der Waals surface area contributed by atoms with Crippen molar-refractivity contribution in [2.75, 3.05) is 7.05 Å². The molecule has 0 aromatic carbocycles. The van der Waals surface area contributed by atoms with Crippen LogP contribution in [0.2, 0.25) is 0 Å². The Bertz CT molecular complexity index is 299. The van der Waals surface area contributed by atoms with Crippen molar-refractivity contribution in [1.29, 1.82) is 5.41 Å². The summed E-state index contributed by atoms with van der Waals surface area (Å²) in [5.74, 6) is -0.0479. The van der Waals surface area contributed by atoms with Gasteiger partial charge in [0, 0.05) is 24.9 Å². The first-order valence-electron chi connectivity index (χ1n) is 3.49. The van der Waals surface area contributed by atoms with Crippen LogP contribution in [0.5, 0.6) is 0 Å². The second kappa shape index (κ2) is 3.13. The fourth-order valence-corrected chi connectivity index (χ4v) is 0.898. The lowest BCUT2D eigenvalue weighted by Crippen LogP contribution is -2.13. The van der Waals surface area contributed by atoms with Crippen LogP contribution in [0.15, 0.2) is 35.4 Å². The van der Waals surface area contributed by atoms with E-state index in [1.165, 1.54) is 6.08 Å². The summed E-state index contributed by atoms with van der Waals surface area (Å²) in [5, 5.41) is 19.3. The third kappa shape index (κ3) is 1.47. The first kappa shape index (κ1) is 8.39. The molecule has 0 bridgehead atoms. The van der Waals surface area contributed by atoms with E-state index in [-0.39, 0.29) is 17.2 Å². The van der Waals surface area contributed by atoms with Gasteiger partial charge in [0.05, 0.1) is 11.4 Å². The molecule has 0 aromatic heterocycles. The molecule has 0 saturated heterocycles. The van der Waals surface area contributed by atoms with E-state index in [1.807, 2.05) is 0 Å². The molecule has 1 aliphatic rings. The van der Waals surface area contributed by atoms with Gasteiger partial charge in [0.15, 0.2) is 0 Å². The van der Waals surface area contributed by atoms with Crippen molar-refractivity contribution in [2.45, 2.75) is 0 Å². The van der Waals surface area contributed by atoms with Crippen molar-refractivity contribution in [3.8, 4) is 0 Å². The summed E-state index contributed by atoms with van der Waals surface area (Å²) in [6, 6.07) is 0. The second-order valence-corrected chi connectivity index (χ2v) is 2.43. The minimum Gasteiger partial charge on any atom is -0.506 e. The van der Waals surface area contributed by atoms with E-state index in [2.05, 4.69) is 5.32 Å². The summed E-state index contributed by atoms with van der Waals surface area (Å²) in [4.78, 5) is 0. The van der Waals surface area contributed by atoms with Crippen LogP contribution in [-0.2, 0) is 0 Å².